The number of amides is 1. The largest absolute Gasteiger partial charge is 0.442 e. The van der Waals surface area contributed by atoms with Crippen molar-refractivity contribution in [2.75, 3.05) is 26.3 Å². The van der Waals surface area contributed by atoms with Crippen LogP contribution in [0.15, 0.2) is 36.0 Å². The highest BCUT2D eigenvalue weighted by molar-refractivity contribution is 5.89. The quantitative estimate of drug-likeness (QED) is 0.254. The summed E-state index contributed by atoms with van der Waals surface area (Å²) < 4.78 is 23.1. The van der Waals surface area contributed by atoms with Gasteiger partial charge in [-0.15, -0.1) is 0 Å². The lowest BCUT2D eigenvalue weighted by molar-refractivity contribution is -0.125. The summed E-state index contributed by atoms with van der Waals surface area (Å²) in [5.74, 6) is 0.524. The van der Waals surface area contributed by atoms with Crippen LogP contribution in [0.5, 0.6) is 0 Å². The molecule has 1 amide bonds. The number of likely N-dealkylation sites (tertiary alicyclic amines) is 1. The van der Waals surface area contributed by atoms with Crippen LogP contribution in [0.3, 0.4) is 0 Å². The molecule has 8 atom stereocenters. The van der Waals surface area contributed by atoms with Gasteiger partial charge in [0.05, 0.1) is 25.4 Å². The van der Waals surface area contributed by atoms with E-state index in [4.69, 9.17) is 18.9 Å². The lowest BCUT2D eigenvalue weighted by atomic mass is 9.81. The van der Waals surface area contributed by atoms with Crippen LogP contribution < -0.4 is 0 Å². The van der Waals surface area contributed by atoms with Crippen molar-refractivity contribution in [2.45, 2.75) is 109 Å². The van der Waals surface area contributed by atoms with Gasteiger partial charge < -0.3 is 29.0 Å². The molecule has 8 nitrogen and oxygen atoms in total. The molecule has 218 valence electrons. The lowest BCUT2D eigenvalue weighted by Gasteiger charge is -2.38. The average molecular weight is 546 g/mol. The first-order chi connectivity index (χ1) is 18.7. The third-order valence-corrected chi connectivity index (χ3v) is 8.70. The molecule has 39 heavy (non-hydrogen) atoms. The molecule has 4 rings (SSSR count). The second-order valence-electron chi connectivity index (χ2n) is 11.9. The van der Waals surface area contributed by atoms with Crippen LogP contribution in [0.4, 0.5) is 4.79 Å². The monoisotopic (exact) mass is 545 g/mol. The maximum absolute atomic E-state index is 12.7. The third-order valence-electron chi connectivity index (χ3n) is 8.70. The van der Waals surface area contributed by atoms with Gasteiger partial charge in [-0.3, -0.25) is 4.79 Å². The predicted octanol–water partition coefficient (Wildman–Crippen LogP) is 4.75. The minimum absolute atomic E-state index is 0.0114. The normalized spacial score (nSPS) is 36.4. The number of aliphatic hydroxyl groups is 1. The summed E-state index contributed by atoms with van der Waals surface area (Å²) in [6.45, 7) is 10.8. The van der Waals surface area contributed by atoms with E-state index in [0.29, 0.717) is 25.6 Å². The molecule has 1 spiro atoms. The number of ketones is 1. The van der Waals surface area contributed by atoms with E-state index >= 15 is 0 Å². The Morgan fingerprint density at radius 3 is 2.64 bits per heavy atom. The third kappa shape index (κ3) is 8.26. The number of hydrogen-bond donors (Lipinski definition) is 1. The van der Waals surface area contributed by atoms with Crippen LogP contribution in [0.2, 0.25) is 0 Å². The van der Waals surface area contributed by atoms with Crippen LogP contribution in [-0.4, -0.2) is 84.3 Å². The first-order valence-electron chi connectivity index (χ1n) is 14.8. The molecule has 4 saturated heterocycles. The molecule has 1 N–H and O–H groups in total. The molecule has 0 aliphatic carbocycles. The Morgan fingerprint density at radius 2 is 1.92 bits per heavy atom. The minimum Gasteiger partial charge on any atom is -0.442 e. The number of rotatable bonds is 9. The molecule has 4 heterocycles. The van der Waals surface area contributed by atoms with Crippen molar-refractivity contribution in [2.24, 2.45) is 11.8 Å². The highest BCUT2D eigenvalue weighted by atomic mass is 16.6. The van der Waals surface area contributed by atoms with Crippen LogP contribution in [0.1, 0.15) is 72.6 Å². The van der Waals surface area contributed by atoms with Gasteiger partial charge >= 0.3 is 6.09 Å². The molecular weight excluding hydrogens is 498 g/mol. The van der Waals surface area contributed by atoms with Crippen molar-refractivity contribution in [3.8, 4) is 0 Å². The molecule has 4 aliphatic rings. The minimum atomic E-state index is -0.620. The zero-order valence-electron chi connectivity index (χ0n) is 24.1. The molecule has 0 aromatic heterocycles. The van der Waals surface area contributed by atoms with Gasteiger partial charge in [0, 0.05) is 25.9 Å². The fourth-order valence-electron chi connectivity index (χ4n) is 5.89. The maximum Gasteiger partial charge on any atom is 0.410 e. The van der Waals surface area contributed by atoms with Crippen molar-refractivity contribution in [3.05, 3.63) is 36.0 Å². The number of aliphatic hydroxyl groups excluding tert-OH is 1. The van der Waals surface area contributed by atoms with Gasteiger partial charge in [0.25, 0.3) is 0 Å². The fraction of sp³-hybridized carbons (Fsp3) is 0.742. The summed E-state index contributed by atoms with van der Waals surface area (Å²) in [5.41, 5.74) is 0.709. The van der Waals surface area contributed by atoms with Gasteiger partial charge in [0.1, 0.15) is 23.9 Å². The van der Waals surface area contributed by atoms with Gasteiger partial charge in [-0.25, -0.2) is 4.79 Å². The molecule has 8 heteroatoms. The van der Waals surface area contributed by atoms with Gasteiger partial charge in [0.2, 0.25) is 0 Å². The Kier molecular flexibility index (Phi) is 10.4. The zero-order chi connectivity index (χ0) is 28.0. The number of carbonyl (C=O) groups excluding carboxylic acids is 2. The Balaban J connectivity index is 1.19. The van der Waals surface area contributed by atoms with E-state index in [1.807, 2.05) is 19.1 Å². The predicted molar refractivity (Wildman–Crippen MR) is 148 cm³/mol. The van der Waals surface area contributed by atoms with Crippen molar-refractivity contribution in [1.82, 2.24) is 4.90 Å². The molecular formula is C31H47NO7. The highest BCUT2D eigenvalue weighted by Crippen LogP contribution is 2.40. The number of nitrogens with zero attached hydrogens (tertiary/aromatic N) is 1. The Labute approximate surface area is 233 Å². The van der Waals surface area contributed by atoms with Crippen molar-refractivity contribution in [1.29, 1.82) is 0 Å². The number of epoxide rings is 1. The van der Waals surface area contributed by atoms with Gasteiger partial charge in [-0.05, 0) is 76.9 Å². The van der Waals surface area contributed by atoms with Crippen LogP contribution in [0, 0.1) is 11.8 Å². The molecule has 1 unspecified atom stereocenters. The molecule has 0 aromatic rings. The van der Waals surface area contributed by atoms with Crippen LogP contribution in [-0.2, 0) is 23.7 Å². The van der Waals surface area contributed by atoms with E-state index in [2.05, 4.69) is 19.9 Å². The van der Waals surface area contributed by atoms with E-state index in [1.54, 1.807) is 24.0 Å². The smallest absolute Gasteiger partial charge is 0.410 e. The SMILES string of the molecule is CC(/C=C/C1OCC[C@@]2(CO2)[C@@H]1O)=C\C[C@@H]1O[C@H](C)[C@H](CC(=O)/C=C\[C@H](C)OC(=O)N2CCCCC2)C[C@@H]1C. The van der Waals surface area contributed by atoms with E-state index in [-0.39, 0.29) is 36.1 Å². The average Bonchev–Trinajstić information content (AvgIpc) is 3.70. The Hall–Kier alpha value is -2.00. The topological polar surface area (TPSA) is 97.8 Å². The summed E-state index contributed by atoms with van der Waals surface area (Å²) in [5, 5.41) is 10.5. The van der Waals surface area contributed by atoms with E-state index < -0.39 is 17.8 Å². The summed E-state index contributed by atoms with van der Waals surface area (Å²) >= 11 is 0. The van der Waals surface area contributed by atoms with Crippen LogP contribution >= 0.6 is 0 Å². The standard InChI is InChI=1S/C31H47NO7/c1-21(9-13-28-29(34)31(20-37-31)14-17-36-28)8-12-27-22(2)18-25(24(4)39-27)19-26(33)11-10-23(3)38-30(35)32-15-6-5-7-16-32/h8-11,13,22-25,27-29,34H,5-7,12,14-20H2,1-4H3/b11-10-,13-9+,21-8+/t22-,23-,24+,25-,27-,28?,29+,31+/m0/s1. The Bertz CT molecular complexity index is 933. The van der Waals surface area contributed by atoms with Crippen molar-refractivity contribution < 1.29 is 33.6 Å². The second kappa shape index (κ2) is 13.6. The number of piperidine rings is 1. The number of carbonyl (C=O) groups is 2. The van der Waals surface area contributed by atoms with Gasteiger partial charge in [-0.1, -0.05) is 30.7 Å². The number of ether oxygens (including phenoxy) is 4. The second-order valence-corrected chi connectivity index (χ2v) is 11.9. The van der Waals surface area contributed by atoms with Crippen molar-refractivity contribution in [3.63, 3.8) is 0 Å². The zero-order valence-corrected chi connectivity index (χ0v) is 24.1. The summed E-state index contributed by atoms with van der Waals surface area (Å²) in [6, 6.07) is 0. The van der Waals surface area contributed by atoms with E-state index in [1.165, 1.54) is 0 Å². The number of hydrogen-bond acceptors (Lipinski definition) is 7. The maximum atomic E-state index is 12.7. The molecule has 4 fully saturated rings. The summed E-state index contributed by atoms with van der Waals surface area (Å²) in [4.78, 5) is 26.7. The van der Waals surface area contributed by atoms with Crippen molar-refractivity contribution >= 4 is 11.9 Å². The highest BCUT2D eigenvalue weighted by Gasteiger charge is 2.55. The molecule has 0 radical (unpaired) electrons. The van der Waals surface area contributed by atoms with E-state index in [9.17, 15) is 14.7 Å². The lowest BCUT2D eigenvalue weighted by Crippen LogP contribution is -2.46. The molecule has 4 aliphatic heterocycles. The molecule has 0 bridgehead atoms. The fourth-order valence-corrected chi connectivity index (χ4v) is 5.89. The summed E-state index contributed by atoms with van der Waals surface area (Å²) in [6.07, 6.45) is 13.8. The Morgan fingerprint density at radius 1 is 1.18 bits per heavy atom. The molecule has 0 saturated carbocycles. The number of allylic oxidation sites excluding steroid dienone is 3. The van der Waals surface area contributed by atoms with Gasteiger partial charge in [0.15, 0.2) is 5.78 Å². The first-order valence-corrected chi connectivity index (χ1v) is 14.8. The molecule has 0 aromatic carbocycles. The summed E-state index contributed by atoms with van der Waals surface area (Å²) in [7, 11) is 0. The van der Waals surface area contributed by atoms with E-state index in [0.717, 1.165) is 57.2 Å². The first kappa shape index (κ1) is 30.0. The van der Waals surface area contributed by atoms with Gasteiger partial charge in [-0.2, -0.15) is 0 Å². The van der Waals surface area contributed by atoms with Crippen LogP contribution in [0.25, 0.3) is 0 Å².